The van der Waals surface area contributed by atoms with Crippen LogP contribution in [0.15, 0.2) is 59.6 Å². The Hall–Kier alpha value is -1.91. The molecule has 3 nitrogen and oxygen atoms in total. The molecule has 22 heavy (non-hydrogen) atoms. The zero-order valence-corrected chi connectivity index (χ0v) is 13.9. The van der Waals surface area contributed by atoms with Gasteiger partial charge in [-0.05, 0) is 42.7 Å². The van der Waals surface area contributed by atoms with Crippen LogP contribution in [-0.4, -0.2) is 23.1 Å². The third kappa shape index (κ3) is 2.85. The van der Waals surface area contributed by atoms with Gasteiger partial charge in [0, 0.05) is 10.5 Å². The van der Waals surface area contributed by atoms with Crippen LogP contribution < -0.4 is 4.74 Å². The number of halogens is 1. The molecule has 0 atom stereocenters. The zero-order valence-electron chi connectivity index (χ0n) is 12.3. The van der Waals surface area contributed by atoms with Crippen LogP contribution in [0.25, 0.3) is 16.9 Å². The van der Waals surface area contributed by atoms with E-state index in [1.54, 1.807) is 25.1 Å². The van der Waals surface area contributed by atoms with Gasteiger partial charge in [0.15, 0.2) is 0 Å². The lowest BCUT2D eigenvalue weighted by molar-refractivity contribution is 0.415. The predicted octanol–water partition coefficient (Wildman–Crippen LogP) is 4.92. The van der Waals surface area contributed by atoms with Crippen molar-refractivity contribution < 1.29 is 4.74 Å². The topological polar surface area (TPSA) is 27.1 Å². The van der Waals surface area contributed by atoms with Gasteiger partial charge in [-0.25, -0.2) is 4.68 Å². The SMILES string of the molecule is COc1ccc(-n2nccc2-c2ccc(SC)cc2)cc1Cl. The minimum absolute atomic E-state index is 0.569. The molecule has 0 aliphatic rings. The highest BCUT2D eigenvalue weighted by atomic mass is 35.5. The molecule has 0 fully saturated rings. The third-order valence-corrected chi connectivity index (χ3v) is 4.45. The molecular weight excluding hydrogens is 316 g/mol. The summed E-state index contributed by atoms with van der Waals surface area (Å²) in [5.41, 5.74) is 3.04. The summed E-state index contributed by atoms with van der Waals surface area (Å²) in [7, 11) is 1.60. The van der Waals surface area contributed by atoms with Crippen molar-refractivity contribution in [1.29, 1.82) is 0 Å². The second-order valence-corrected chi connectivity index (χ2v) is 5.96. The summed E-state index contributed by atoms with van der Waals surface area (Å²) in [5.74, 6) is 0.656. The van der Waals surface area contributed by atoms with Crippen molar-refractivity contribution in [1.82, 2.24) is 9.78 Å². The first-order valence-corrected chi connectivity index (χ1v) is 8.35. The Kier molecular flexibility index (Phi) is 4.41. The molecule has 0 spiro atoms. The number of hydrogen-bond acceptors (Lipinski definition) is 3. The van der Waals surface area contributed by atoms with Crippen molar-refractivity contribution in [3.05, 3.63) is 59.8 Å². The second kappa shape index (κ2) is 6.46. The monoisotopic (exact) mass is 330 g/mol. The number of benzene rings is 2. The van der Waals surface area contributed by atoms with Gasteiger partial charge in [0.2, 0.25) is 0 Å². The van der Waals surface area contributed by atoms with Crippen LogP contribution in [0, 0.1) is 0 Å². The van der Waals surface area contributed by atoms with E-state index in [4.69, 9.17) is 16.3 Å². The smallest absolute Gasteiger partial charge is 0.137 e. The molecule has 0 bridgehead atoms. The van der Waals surface area contributed by atoms with Crippen molar-refractivity contribution in [2.75, 3.05) is 13.4 Å². The van der Waals surface area contributed by atoms with E-state index in [2.05, 4.69) is 35.6 Å². The zero-order chi connectivity index (χ0) is 15.5. The fourth-order valence-electron chi connectivity index (χ4n) is 2.28. The third-order valence-electron chi connectivity index (χ3n) is 3.41. The summed E-state index contributed by atoms with van der Waals surface area (Å²) in [5, 5.41) is 4.98. The number of hydrogen-bond donors (Lipinski definition) is 0. The maximum Gasteiger partial charge on any atom is 0.137 e. The van der Waals surface area contributed by atoms with Crippen LogP contribution in [0.2, 0.25) is 5.02 Å². The highest BCUT2D eigenvalue weighted by molar-refractivity contribution is 7.98. The van der Waals surface area contributed by atoms with Gasteiger partial charge in [0.1, 0.15) is 5.75 Å². The van der Waals surface area contributed by atoms with Gasteiger partial charge in [0.25, 0.3) is 0 Å². The fraction of sp³-hybridized carbons (Fsp3) is 0.118. The summed E-state index contributed by atoms with van der Waals surface area (Å²) in [6, 6.07) is 16.1. The van der Waals surface area contributed by atoms with Crippen LogP contribution in [0.1, 0.15) is 0 Å². The minimum atomic E-state index is 0.569. The molecule has 0 aliphatic carbocycles. The molecule has 0 aliphatic heterocycles. The number of nitrogens with zero attached hydrogens (tertiary/aromatic N) is 2. The van der Waals surface area contributed by atoms with Crippen LogP contribution in [0.4, 0.5) is 0 Å². The molecular formula is C17H15ClN2OS. The van der Waals surface area contributed by atoms with Crippen molar-refractivity contribution >= 4 is 23.4 Å². The lowest BCUT2D eigenvalue weighted by Gasteiger charge is -2.10. The normalized spacial score (nSPS) is 10.7. The van der Waals surface area contributed by atoms with Crippen LogP contribution in [0.3, 0.4) is 0 Å². The van der Waals surface area contributed by atoms with Gasteiger partial charge >= 0.3 is 0 Å². The molecule has 0 N–H and O–H groups in total. The molecule has 1 aromatic heterocycles. The van der Waals surface area contributed by atoms with E-state index in [9.17, 15) is 0 Å². The van der Waals surface area contributed by atoms with Crippen LogP contribution in [0.5, 0.6) is 5.75 Å². The highest BCUT2D eigenvalue weighted by Gasteiger charge is 2.09. The average Bonchev–Trinajstić information content (AvgIpc) is 3.04. The molecule has 0 saturated carbocycles. The summed E-state index contributed by atoms with van der Waals surface area (Å²) in [6.07, 6.45) is 3.86. The van der Waals surface area contributed by atoms with Crippen molar-refractivity contribution in [3.63, 3.8) is 0 Å². The fourth-order valence-corrected chi connectivity index (χ4v) is 2.94. The number of ether oxygens (including phenoxy) is 1. The molecule has 3 rings (SSSR count). The van der Waals surface area contributed by atoms with Gasteiger partial charge in [-0.15, -0.1) is 11.8 Å². The van der Waals surface area contributed by atoms with E-state index in [0.717, 1.165) is 16.9 Å². The van der Waals surface area contributed by atoms with Gasteiger partial charge in [-0.3, -0.25) is 0 Å². The molecule has 5 heteroatoms. The van der Waals surface area contributed by atoms with Gasteiger partial charge in [0.05, 0.1) is 29.7 Å². The van der Waals surface area contributed by atoms with Crippen molar-refractivity contribution in [2.24, 2.45) is 0 Å². The Morgan fingerprint density at radius 2 is 1.86 bits per heavy atom. The first kappa shape index (κ1) is 15.0. The molecule has 1 heterocycles. The standard InChI is InChI=1S/C17H15ClN2OS/c1-21-17-8-5-13(11-15(17)18)20-16(9-10-19-20)12-3-6-14(22-2)7-4-12/h3-11H,1-2H3. The Labute approximate surface area is 138 Å². The maximum atomic E-state index is 6.22. The number of rotatable bonds is 4. The van der Waals surface area contributed by atoms with E-state index in [-0.39, 0.29) is 0 Å². The summed E-state index contributed by atoms with van der Waals surface area (Å²) < 4.78 is 7.07. The number of aromatic nitrogens is 2. The van der Waals surface area contributed by atoms with E-state index in [1.165, 1.54) is 4.90 Å². The maximum absolute atomic E-state index is 6.22. The van der Waals surface area contributed by atoms with Gasteiger partial charge < -0.3 is 4.74 Å². The van der Waals surface area contributed by atoms with E-state index >= 15 is 0 Å². The molecule has 0 radical (unpaired) electrons. The van der Waals surface area contributed by atoms with Crippen LogP contribution >= 0.6 is 23.4 Å². The lowest BCUT2D eigenvalue weighted by atomic mass is 10.1. The molecule has 0 saturated heterocycles. The Balaban J connectivity index is 2.02. The van der Waals surface area contributed by atoms with E-state index in [1.807, 2.05) is 28.9 Å². The summed E-state index contributed by atoms with van der Waals surface area (Å²) in [6.45, 7) is 0. The molecule has 0 unspecified atom stereocenters. The Bertz CT molecular complexity index is 784. The first-order chi connectivity index (χ1) is 10.7. The van der Waals surface area contributed by atoms with Crippen molar-refractivity contribution in [2.45, 2.75) is 4.90 Å². The average molecular weight is 331 g/mol. The largest absolute Gasteiger partial charge is 0.495 e. The molecule has 3 aromatic rings. The molecule has 2 aromatic carbocycles. The molecule has 112 valence electrons. The minimum Gasteiger partial charge on any atom is -0.495 e. The van der Waals surface area contributed by atoms with Gasteiger partial charge in [-0.1, -0.05) is 23.7 Å². The lowest BCUT2D eigenvalue weighted by Crippen LogP contribution is -1.99. The predicted molar refractivity (Wildman–Crippen MR) is 92.3 cm³/mol. The summed E-state index contributed by atoms with van der Waals surface area (Å²) >= 11 is 7.94. The number of methoxy groups -OCH3 is 1. The summed E-state index contributed by atoms with van der Waals surface area (Å²) in [4.78, 5) is 1.24. The van der Waals surface area contributed by atoms with E-state index in [0.29, 0.717) is 10.8 Å². The Morgan fingerprint density at radius 3 is 2.50 bits per heavy atom. The molecule has 0 amide bonds. The van der Waals surface area contributed by atoms with Crippen LogP contribution in [-0.2, 0) is 0 Å². The first-order valence-electron chi connectivity index (χ1n) is 6.75. The second-order valence-electron chi connectivity index (χ2n) is 4.68. The quantitative estimate of drug-likeness (QED) is 0.635. The van der Waals surface area contributed by atoms with E-state index < -0.39 is 0 Å². The number of thioether (sulfide) groups is 1. The highest BCUT2D eigenvalue weighted by Crippen LogP contribution is 2.29. The Morgan fingerprint density at radius 1 is 1.09 bits per heavy atom. The van der Waals surface area contributed by atoms with Gasteiger partial charge in [-0.2, -0.15) is 5.10 Å². The van der Waals surface area contributed by atoms with Crippen molar-refractivity contribution in [3.8, 4) is 22.7 Å².